The Morgan fingerprint density at radius 2 is 2.07 bits per heavy atom. The van der Waals surface area contributed by atoms with Gasteiger partial charge in [-0.05, 0) is 59.0 Å². The standard InChI is InChI=1S/C11H14INO.ClH/c12-9-3-1-2-8(6-9)10(13)11(14)7-4-5-7;/h1-3,6-7,10-11,14H,4-5,13H2;1H/t10-,11+;/m0./s1. The molecule has 2 nitrogen and oxygen atoms in total. The van der Waals surface area contributed by atoms with Gasteiger partial charge in [0.05, 0.1) is 12.1 Å². The SMILES string of the molecule is Cl.N[C@@H](c1cccc(I)c1)[C@H](O)C1CC1. The molecule has 1 saturated carbocycles. The summed E-state index contributed by atoms with van der Waals surface area (Å²) >= 11 is 2.26. The maximum absolute atomic E-state index is 9.87. The maximum Gasteiger partial charge on any atom is 0.0760 e. The Balaban J connectivity index is 0.00000112. The van der Waals surface area contributed by atoms with Crippen molar-refractivity contribution in [1.29, 1.82) is 0 Å². The number of halogens is 2. The summed E-state index contributed by atoms with van der Waals surface area (Å²) in [6.45, 7) is 0. The highest BCUT2D eigenvalue weighted by molar-refractivity contribution is 14.1. The molecule has 3 N–H and O–H groups in total. The molecule has 2 atom stereocenters. The van der Waals surface area contributed by atoms with Crippen LogP contribution in [0.3, 0.4) is 0 Å². The zero-order chi connectivity index (χ0) is 10.1. The summed E-state index contributed by atoms with van der Waals surface area (Å²) in [5.41, 5.74) is 7.03. The molecule has 0 saturated heterocycles. The first-order chi connectivity index (χ1) is 6.68. The Labute approximate surface area is 110 Å². The van der Waals surface area contributed by atoms with E-state index in [9.17, 15) is 5.11 Å². The first kappa shape index (κ1) is 13.2. The van der Waals surface area contributed by atoms with Crippen LogP contribution >= 0.6 is 35.0 Å². The van der Waals surface area contributed by atoms with E-state index in [1.807, 2.05) is 24.3 Å². The van der Waals surface area contributed by atoms with Crippen LogP contribution in [0.1, 0.15) is 24.4 Å². The molecule has 15 heavy (non-hydrogen) atoms. The largest absolute Gasteiger partial charge is 0.391 e. The van der Waals surface area contributed by atoms with E-state index >= 15 is 0 Å². The van der Waals surface area contributed by atoms with Crippen molar-refractivity contribution in [1.82, 2.24) is 0 Å². The van der Waals surface area contributed by atoms with Crippen LogP contribution in [0.15, 0.2) is 24.3 Å². The van der Waals surface area contributed by atoms with Crippen molar-refractivity contribution >= 4 is 35.0 Å². The predicted molar refractivity (Wildman–Crippen MR) is 72.1 cm³/mol. The van der Waals surface area contributed by atoms with Crippen LogP contribution in [-0.4, -0.2) is 11.2 Å². The molecular weight excluding hydrogens is 324 g/mol. The van der Waals surface area contributed by atoms with Gasteiger partial charge in [0.15, 0.2) is 0 Å². The molecule has 1 aliphatic carbocycles. The van der Waals surface area contributed by atoms with Crippen molar-refractivity contribution in [2.45, 2.75) is 25.0 Å². The molecule has 1 fully saturated rings. The maximum atomic E-state index is 9.87. The van der Waals surface area contributed by atoms with Gasteiger partial charge in [0.1, 0.15) is 0 Å². The average molecular weight is 340 g/mol. The summed E-state index contributed by atoms with van der Waals surface area (Å²) in [6.07, 6.45) is 1.88. The molecule has 2 rings (SSSR count). The fourth-order valence-corrected chi connectivity index (χ4v) is 2.21. The Hall–Kier alpha value is 0.160. The van der Waals surface area contributed by atoms with E-state index in [1.165, 1.54) is 3.57 Å². The van der Waals surface area contributed by atoms with Crippen LogP contribution < -0.4 is 5.73 Å². The smallest absolute Gasteiger partial charge is 0.0760 e. The molecule has 0 radical (unpaired) electrons. The molecule has 84 valence electrons. The number of nitrogens with two attached hydrogens (primary N) is 1. The van der Waals surface area contributed by atoms with Crippen molar-refractivity contribution in [3.63, 3.8) is 0 Å². The molecule has 0 aromatic heterocycles. The number of aliphatic hydroxyl groups is 1. The average Bonchev–Trinajstić information content (AvgIpc) is 2.99. The Morgan fingerprint density at radius 1 is 1.40 bits per heavy atom. The molecule has 0 aliphatic heterocycles. The second kappa shape index (κ2) is 5.48. The van der Waals surface area contributed by atoms with Gasteiger partial charge in [-0.3, -0.25) is 0 Å². The highest BCUT2D eigenvalue weighted by Gasteiger charge is 2.34. The summed E-state index contributed by atoms with van der Waals surface area (Å²) < 4.78 is 1.17. The third-order valence-electron chi connectivity index (χ3n) is 2.71. The first-order valence-corrected chi connectivity index (χ1v) is 5.95. The lowest BCUT2D eigenvalue weighted by Gasteiger charge is -2.18. The van der Waals surface area contributed by atoms with Crippen LogP contribution in [0.4, 0.5) is 0 Å². The van der Waals surface area contributed by atoms with E-state index < -0.39 is 0 Å². The van der Waals surface area contributed by atoms with Crippen molar-refractivity contribution in [3.05, 3.63) is 33.4 Å². The quantitative estimate of drug-likeness (QED) is 0.831. The van der Waals surface area contributed by atoms with Crippen molar-refractivity contribution in [2.75, 3.05) is 0 Å². The number of rotatable bonds is 3. The van der Waals surface area contributed by atoms with E-state index in [4.69, 9.17) is 5.73 Å². The zero-order valence-electron chi connectivity index (χ0n) is 8.27. The monoisotopic (exact) mass is 339 g/mol. The normalized spacial score (nSPS) is 19.1. The lowest BCUT2D eigenvalue weighted by molar-refractivity contribution is 0.122. The molecule has 1 aromatic rings. The molecule has 0 unspecified atom stereocenters. The van der Waals surface area contributed by atoms with Gasteiger partial charge in [-0.15, -0.1) is 12.4 Å². The van der Waals surface area contributed by atoms with E-state index in [2.05, 4.69) is 22.6 Å². The van der Waals surface area contributed by atoms with E-state index in [-0.39, 0.29) is 24.6 Å². The first-order valence-electron chi connectivity index (χ1n) is 4.87. The van der Waals surface area contributed by atoms with Gasteiger partial charge >= 0.3 is 0 Å². The third-order valence-corrected chi connectivity index (χ3v) is 3.38. The van der Waals surface area contributed by atoms with Crippen LogP contribution in [0, 0.1) is 9.49 Å². The molecule has 0 heterocycles. The summed E-state index contributed by atoms with van der Waals surface area (Å²) in [7, 11) is 0. The highest BCUT2D eigenvalue weighted by Crippen LogP contribution is 2.37. The van der Waals surface area contributed by atoms with Gasteiger partial charge in [0, 0.05) is 3.57 Å². The topological polar surface area (TPSA) is 46.2 Å². The van der Waals surface area contributed by atoms with Crippen molar-refractivity contribution in [3.8, 4) is 0 Å². The van der Waals surface area contributed by atoms with Crippen LogP contribution in [-0.2, 0) is 0 Å². The van der Waals surface area contributed by atoms with Crippen molar-refractivity contribution < 1.29 is 5.11 Å². The highest BCUT2D eigenvalue weighted by atomic mass is 127. The molecule has 1 aromatic carbocycles. The second-order valence-electron chi connectivity index (χ2n) is 3.91. The lowest BCUT2D eigenvalue weighted by atomic mass is 9.99. The molecule has 4 heteroatoms. The Kier molecular flexibility index (Phi) is 4.83. The summed E-state index contributed by atoms with van der Waals surface area (Å²) in [4.78, 5) is 0. The summed E-state index contributed by atoms with van der Waals surface area (Å²) in [5.74, 6) is 0.433. The molecular formula is C11H15ClINO. The molecule has 0 spiro atoms. The Bertz CT molecular complexity index is 330. The minimum Gasteiger partial charge on any atom is -0.391 e. The fraction of sp³-hybridized carbons (Fsp3) is 0.455. The lowest BCUT2D eigenvalue weighted by Crippen LogP contribution is -2.27. The Morgan fingerprint density at radius 3 is 2.60 bits per heavy atom. The second-order valence-corrected chi connectivity index (χ2v) is 5.15. The van der Waals surface area contributed by atoms with Gasteiger partial charge in [-0.1, -0.05) is 12.1 Å². The molecule has 1 aliphatic rings. The van der Waals surface area contributed by atoms with Gasteiger partial charge < -0.3 is 10.8 Å². The van der Waals surface area contributed by atoms with Crippen LogP contribution in [0.5, 0.6) is 0 Å². The van der Waals surface area contributed by atoms with Gasteiger partial charge in [-0.2, -0.15) is 0 Å². The minimum atomic E-state index is -0.367. The van der Waals surface area contributed by atoms with Crippen LogP contribution in [0.2, 0.25) is 0 Å². The number of hydrogen-bond donors (Lipinski definition) is 2. The zero-order valence-corrected chi connectivity index (χ0v) is 11.2. The number of benzene rings is 1. The van der Waals surface area contributed by atoms with E-state index in [0.29, 0.717) is 5.92 Å². The summed E-state index contributed by atoms with van der Waals surface area (Å²) in [6, 6.07) is 7.81. The van der Waals surface area contributed by atoms with Gasteiger partial charge in [-0.25, -0.2) is 0 Å². The summed E-state index contributed by atoms with van der Waals surface area (Å²) in [5, 5.41) is 9.87. The minimum absolute atomic E-state index is 0. The third kappa shape index (κ3) is 3.31. The van der Waals surface area contributed by atoms with E-state index in [1.54, 1.807) is 0 Å². The van der Waals surface area contributed by atoms with Gasteiger partial charge in [0.2, 0.25) is 0 Å². The van der Waals surface area contributed by atoms with Crippen LogP contribution in [0.25, 0.3) is 0 Å². The number of aliphatic hydroxyl groups excluding tert-OH is 1. The fourth-order valence-electron chi connectivity index (χ4n) is 1.64. The molecule has 0 amide bonds. The number of hydrogen-bond acceptors (Lipinski definition) is 2. The van der Waals surface area contributed by atoms with E-state index in [0.717, 1.165) is 18.4 Å². The van der Waals surface area contributed by atoms with Crippen molar-refractivity contribution in [2.24, 2.45) is 11.7 Å². The predicted octanol–water partition coefficient (Wildman–Crippen LogP) is 2.48. The van der Waals surface area contributed by atoms with Gasteiger partial charge in [0.25, 0.3) is 0 Å². The molecule has 0 bridgehead atoms.